The molecule has 5 nitrogen and oxygen atoms in total. The molecule has 204 valence electrons. The van der Waals surface area contributed by atoms with Gasteiger partial charge in [0.25, 0.3) is 0 Å². The molecule has 0 spiro atoms. The third-order valence-electron chi connectivity index (χ3n) is 6.13. The largest absolute Gasteiger partial charge is 0.479 e. The van der Waals surface area contributed by atoms with E-state index in [0.717, 1.165) is 22.9 Å². The first kappa shape index (κ1) is 29.4. The zero-order chi connectivity index (χ0) is 28.0. The number of carboxylic acid groups (broad SMARTS) is 1. The Morgan fingerprint density at radius 3 is 2.39 bits per heavy atom. The molecule has 0 aliphatic heterocycles. The number of nitrogens with zero attached hydrogens (tertiary/aromatic N) is 1. The summed E-state index contributed by atoms with van der Waals surface area (Å²) in [5, 5.41) is 9.62. The normalized spacial score (nSPS) is 12.5. The van der Waals surface area contributed by atoms with Gasteiger partial charge < -0.3 is 9.84 Å². The maximum Gasteiger partial charge on any atom is 0.417 e. The Hall–Kier alpha value is -3.20. The Morgan fingerprint density at radius 2 is 1.79 bits per heavy atom. The highest BCUT2D eigenvalue weighted by molar-refractivity contribution is 7.15. The van der Waals surface area contributed by atoms with Crippen LogP contribution in [0.5, 0.6) is 5.75 Å². The maximum absolute atomic E-state index is 13.6. The van der Waals surface area contributed by atoms with Gasteiger partial charge >= 0.3 is 12.1 Å². The number of aryl methyl sites for hydroxylation is 2. The van der Waals surface area contributed by atoms with E-state index in [4.69, 9.17) is 4.74 Å². The van der Waals surface area contributed by atoms with E-state index >= 15 is 0 Å². The van der Waals surface area contributed by atoms with E-state index < -0.39 is 23.8 Å². The van der Waals surface area contributed by atoms with Gasteiger partial charge in [0, 0.05) is 22.4 Å². The molecular formula is C29H32F3NO4S. The van der Waals surface area contributed by atoms with Gasteiger partial charge in [-0.15, -0.1) is 11.3 Å². The summed E-state index contributed by atoms with van der Waals surface area (Å²) in [6, 6.07) is 10.4. The number of alkyl halides is 3. The number of ether oxygens (including phenoxy) is 1. The molecule has 0 bridgehead atoms. The van der Waals surface area contributed by atoms with Gasteiger partial charge in [-0.1, -0.05) is 52.3 Å². The Balaban J connectivity index is 1.84. The number of thiazole rings is 1. The smallest absolute Gasteiger partial charge is 0.417 e. The van der Waals surface area contributed by atoms with Gasteiger partial charge in [0.15, 0.2) is 11.9 Å². The van der Waals surface area contributed by atoms with Gasteiger partial charge in [0.05, 0.1) is 11.3 Å². The lowest BCUT2D eigenvalue weighted by atomic mass is 9.99. The molecule has 1 N–H and O–H groups in total. The van der Waals surface area contributed by atoms with Crippen LogP contribution >= 0.6 is 11.3 Å². The Bertz CT molecular complexity index is 1280. The van der Waals surface area contributed by atoms with Crippen molar-refractivity contribution in [1.82, 2.24) is 4.98 Å². The summed E-state index contributed by atoms with van der Waals surface area (Å²) in [4.78, 5) is 29.9. The van der Waals surface area contributed by atoms with Gasteiger partial charge in [-0.3, -0.25) is 4.79 Å². The molecule has 0 saturated carbocycles. The van der Waals surface area contributed by atoms with Crippen LogP contribution in [-0.4, -0.2) is 27.9 Å². The van der Waals surface area contributed by atoms with E-state index in [1.807, 2.05) is 20.8 Å². The predicted octanol–water partition coefficient (Wildman–Crippen LogP) is 7.96. The van der Waals surface area contributed by atoms with Gasteiger partial charge in [-0.05, 0) is 55.0 Å². The molecule has 1 atom stereocenters. The molecule has 0 fully saturated rings. The highest BCUT2D eigenvalue weighted by Gasteiger charge is 2.34. The average molecular weight is 548 g/mol. The molecule has 1 heterocycles. The number of Topliss-reactive ketones (excluding diaryl/α,β-unsaturated/α-hetero) is 1. The fourth-order valence-electron chi connectivity index (χ4n) is 4.19. The number of aromatic nitrogens is 1. The second-order valence-electron chi connectivity index (χ2n) is 9.37. The summed E-state index contributed by atoms with van der Waals surface area (Å²) in [5.41, 5.74) is 1.26. The van der Waals surface area contributed by atoms with Crippen molar-refractivity contribution in [2.45, 2.75) is 78.0 Å². The first-order valence-corrected chi connectivity index (χ1v) is 13.5. The SMILES string of the molecule is CCCc1cc(C(=O)CCc2sc(-c3ccccc3C(F)(F)F)nc2C(C)C)ccc1OC(CC)C(=O)O. The molecule has 1 aromatic heterocycles. The van der Waals surface area contributed by atoms with Crippen LogP contribution in [0.15, 0.2) is 42.5 Å². The van der Waals surface area contributed by atoms with Crippen molar-refractivity contribution in [2.24, 2.45) is 0 Å². The highest BCUT2D eigenvalue weighted by Crippen LogP contribution is 2.40. The van der Waals surface area contributed by atoms with Crippen LogP contribution in [0.3, 0.4) is 0 Å². The van der Waals surface area contributed by atoms with Gasteiger partial charge in [0.1, 0.15) is 10.8 Å². The fourth-order valence-corrected chi connectivity index (χ4v) is 5.45. The second-order valence-corrected chi connectivity index (χ2v) is 10.5. The molecule has 0 aliphatic rings. The molecule has 0 amide bonds. The van der Waals surface area contributed by atoms with E-state index in [1.54, 1.807) is 31.2 Å². The lowest BCUT2D eigenvalue weighted by molar-refractivity contribution is -0.145. The number of halogens is 3. The Labute approximate surface area is 224 Å². The molecule has 2 aromatic carbocycles. The molecular weight excluding hydrogens is 515 g/mol. The first-order chi connectivity index (χ1) is 18.0. The number of carbonyl (C=O) groups is 2. The van der Waals surface area contributed by atoms with Crippen LogP contribution in [0.1, 0.15) is 84.9 Å². The van der Waals surface area contributed by atoms with Crippen molar-refractivity contribution in [3.05, 3.63) is 69.7 Å². The van der Waals surface area contributed by atoms with Crippen molar-refractivity contribution in [3.63, 3.8) is 0 Å². The summed E-state index contributed by atoms with van der Waals surface area (Å²) in [5.74, 6) is -0.718. The summed E-state index contributed by atoms with van der Waals surface area (Å²) >= 11 is 1.20. The Kier molecular flexibility index (Phi) is 9.71. The summed E-state index contributed by atoms with van der Waals surface area (Å²) < 4.78 is 46.4. The maximum atomic E-state index is 13.6. The van der Waals surface area contributed by atoms with Gasteiger partial charge in [0.2, 0.25) is 0 Å². The van der Waals surface area contributed by atoms with Crippen LogP contribution in [0, 0.1) is 0 Å². The number of carboxylic acids is 1. The van der Waals surface area contributed by atoms with Crippen molar-refractivity contribution in [1.29, 1.82) is 0 Å². The molecule has 0 aliphatic carbocycles. The summed E-state index contributed by atoms with van der Waals surface area (Å²) in [6.45, 7) is 7.57. The fraction of sp³-hybridized carbons (Fsp3) is 0.414. The van der Waals surface area contributed by atoms with E-state index in [1.165, 1.54) is 23.5 Å². The first-order valence-electron chi connectivity index (χ1n) is 12.7. The lowest BCUT2D eigenvalue weighted by Crippen LogP contribution is -2.26. The minimum Gasteiger partial charge on any atom is -0.479 e. The number of rotatable bonds is 12. The molecule has 3 aromatic rings. The number of benzene rings is 2. The highest BCUT2D eigenvalue weighted by atomic mass is 32.1. The van der Waals surface area contributed by atoms with Crippen LogP contribution in [0.4, 0.5) is 13.2 Å². The van der Waals surface area contributed by atoms with Crippen LogP contribution < -0.4 is 4.74 Å². The van der Waals surface area contributed by atoms with E-state index in [9.17, 15) is 27.9 Å². The zero-order valence-electron chi connectivity index (χ0n) is 21.9. The molecule has 9 heteroatoms. The van der Waals surface area contributed by atoms with E-state index in [0.29, 0.717) is 41.3 Å². The minimum atomic E-state index is -4.50. The Morgan fingerprint density at radius 1 is 1.08 bits per heavy atom. The standard InChI is InChI=1S/C29H32F3NO4S/c1-5-9-19-16-18(12-14-24(19)37-23(6-2)28(35)36)22(34)13-15-25-26(17(3)4)33-27(38-25)20-10-7-8-11-21(20)29(30,31)32/h7-8,10-12,14,16-17,23H,5-6,9,13,15H2,1-4H3,(H,35,36). The molecule has 1 unspecified atom stereocenters. The molecule has 0 saturated heterocycles. The summed E-state index contributed by atoms with van der Waals surface area (Å²) in [6.07, 6.45) is -3.21. The van der Waals surface area contributed by atoms with Crippen molar-refractivity contribution in [3.8, 4) is 16.3 Å². The van der Waals surface area contributed by atoms with Crippen LogP contribution in [0.2, 0.25) is 0 Å². The van der Waals surface area contributed by atoms with Crippen LogP contribution in [0.25, 0.3) is 10.6 Å². The quantitative estimate of drug-likeness (QED) is 0.233. The number of carbonyl (C=O) groups excluding carboxylic acids is 1. The van der Waals surface area contributed by atoms with Crippen molar-refractivity contribution in [2.75, 3.05) is 0 Å². The molecule has 3 rings (SSSR count). The third-order valence-corrected chi connectivity index (χ3v) is 7.30. The number of aliphatic carboxylic acids is 1. The predicted molar refractivity (Wildman–Crippen MR) is 142 cm³/mol. The monoisotopic (exact) mass is 547 g/mol. The number of hydrogen-bond acceptors (Lipinski definition) is 5. The van der Waals surface area contributed by atoms with Crippen LogP contribution in [-0.2, 0) is 23.8 Å². The number of ketones is 1. The second kappa shape index (κ2) is 12.6. The average Bonchev–Trinajstić information content (AvgIpc) is 3.30. The van der Waals surface area contributed by atoms with E-state index in [-0.39, 0.29) is 23.7 Å². The minimum absolute atomic E-state index is 0.0171. The van der Waals surface area contributed by atoms with Gasteiger partial charge in [-0.25, -0.2) is 9.78 Å². The summed E-state index contributed by atoms with van der Waals surface area (Å²) in [7, 11) is 0. The number of hydrogen-bond donors (Lipinski definition) is 1. The van der Waals surface area contributed by atoms with Crippen molar-refractivity contribution < 1.29 is 32.6 Å². The van der Waals surface area contributed by atoms with E-state index in [2.05, 4.69) is 4.98 Å². The lowest BCUT2D eigenvalue weighted by Gasteiger charge is -2.17. The topological polar surface area (TPSA) is 76.5 Å². The van der Waals surface area contributed by atoms with Crippen molar-refractivity contribution >= 4 is 23.1 Å². The molecule has 38 heavy (non-hydrogen) atoms. The molecule has 0 radical (unpaired) electrons. The zero-order valence-corrected chi connectivity index (χ0v) is 22.7. The third kappa shape index (κ3) is 7.01. The van der Waals surface area contributed by atoms with Gasteiger partial charge in [-0.2, -0.15) is 13.2 Å².